The Kier molecular flexibility index (Phi) is 4.72. The number of hydrogen-bond donors (Lipinski definition) is 1. The van der Waals surface area contributed by atoms with Crippen LogP contribution in [0.15, 0.2) is 60.8 Å². The second-order valence-corrected chi connectivity index (χ2v) is 7.01. The Labute approximate surface area is 167 Å². The van der Waals surface area contributed by atoms with E-state index in [4.69, 9.17) is 0 Å². The van der Waals surface area contributed by atoms with Crippen molar-refractivity contribution in [1.29, 1.82) is 0 Å². The second-order valence-electron chi connectivity index (χ2n) is 7.01. The molecular weight excluding hydrogens is 369 g/mol. The van der Waals surface area contributed by atoms with E-state index in [1.54, 1.807) is 35.1 Å². The lowest BCUT2D eigenvalue weighted by Crippen LogP contribution is -2.16. The fraction of sp³-hybridized carbons (Fsp3) is 0.136. The molecule has 7 heteroatoms. The van der Waals surface area contributed by atoms with Gasteiger partial charge in [-0.05, 0) is 68.3 Å². The van der Waals surface area contributed by atoms with Crippen molar-refractivity contribution in [2.24, 2.45) is 0 Å². The highest BCUT2D eigenvalue weighted by molar-refractivity contribution is 6.02. The molecule has 1 amide bonds. The lowest BCUT2D eigenvalue weighted by Gasteiger charge is -2.10. The van der Waals surface area contributed by atoms with Crippen molar-refractivity contribution in [2.45, 2.75) is 20.8 Å². The number of nitrogens with one attached hydrogen (secondary N) is 1. The summed E-state index contributed by atoms with van der Waals surface area (Å²) in [4.78, 5) is 12.8. The number of carbonyl (C=O) groups excluding carboxylic acids is 1. The molecule has 6 nitrogen and oxygen atoms in total. The number of anilines is 1. The number of rotatable bonds is 4. The molecule has 0 aliphatic rings. The molecule has 1 N–H and O–H groups in total. The van der Waals surface area contributed by atoms with E-state index >= 15 is 0 Å². The summed E-state index contributed by atoms with van der Waals surface area (Å²) in [6.45, 7) is 5.90. The summed E-state index contributed by atoms with van der Waals surface area (Å²) in [6.07, 6.45) is 1.62. The summed E-state index contributed by atoms with van der Waals surface area (Å²) in [7, 11) is 0. The lowest BCUT2D eigenvalue weighted by molar-refractivity contribution is 0.102. The van der Waals surface area contributed by atoms with Crippen molar-refractivity contribution in [3.63, 3.8) is 0 Å². The molecule has 0 bridgehead atoms. The average molecular weight is 389 g/mol. The van der Waals surface area contributed by atoms with Crippen LogP contribution in [0.3, 0.4) is 0 Å². The van der Waals surface area contributed by atoms with E-state index in [1.165, 1.54) is 16.8 Å². The third-order valence-electron chi connectivity index (χ3n) is 4.42. The Bertz CT molecular complexity index is 1190. The fourth-order valence-electron chi connectivity index (χ4n) is 3.25. The summed E-state index contributed by atoms with van der Waals surface area (Å²) < 4.78 is 16.6. The highest BCUT2D eigenvalue weighted by atomic mass is 19.1. The molecular formula is C22H20FN5O. The van der Waals surface area contributed by atoms with Crippen LogP contribution in [0.25, 0.3) is 11.4 Å². The van der Waals surface area contributed by atoms with Crippen molar-refractivity contribution in [2.75, 3.05) is 5.32 Å². The highest BCUT2D eigenvalue weighted by Gasteiger charge is 2.15. The van der Waals surface area contributed by atoms with Gasteiger partial charge in [0.15, 0.2) is 5.69 Å². The van der Waals surface area contributed by atoms with Gasteiger partial charge >= 0.3 is 0 Å². The Balaban J connectivity index is 1.61. The minimum atomic E-state index is -0.370. The minimum absolute atomic E-state index is 0.222. The maximum absolute atomic E-state index is 13.4. The first kappa shape index (κ1) is 18.6. The van der Waals surface area contributed by atoms with Crippen molar-refractivity contribution < 1.29 is 9.18 Å². The molecule has 4 aromatic rings. The molecule has 0 radical (unpaired) electrons. The molecule has 2 aromatic heterocycles. The Morgan fingerprint density at radius 2 is 1.69 bits per heavy atom. The number of halogens is 1. The monoisotopic (exact) mass is 389 g/mol. The molecule has 2 heterocycles. The molecule has 146 valence electrons. The van der Waals surface area contributed by atoms with E-state index in [0.717, 1.165) is 22.5 Å². The Morgan fingerprint density at radius 1 is 0.931 bits per heavy atom. The number of aromatic nitrogens is 4. The summed E-state index contributed by atoms with van der Waals surface area (Å²) in [5, 5.41) is 11.6. The van der Waals surface area contributed by atoms with Gasteiger partial charge in [0, 0.05) is 12.3 Å². The number of hydrogen-bond acceptors (Lipinski definition) is 3. The van der Waals surface area contributed by atoms with E-state index in [-0.39, 0.29) is 17.4 Å². The van der Waals surface area contributed by atoms with Gasteiger partial charge in [0.2, 0.25) is 0 Å². The molecule has 4 rings (SSSR count). The Hall–Kier alpha value is -3.74. The topological polar surface area (TPSA) is 64.7 Å². The number of carbonyl (C=O) groups is 1. The number of aryl methyl sites for hydroxylation is 3. The highest BCUT2D eigenvalue weighted by Crippen LogP contribution is 2.20. The van der Waals surface area contributed by atoms with Gasteiger partial charge in [0.05, 0.1) is 17.1 Å². The number of benzene rings is 2. The summed E-state index contributed by atoms with van der Waals surface area (Å²) in [6, 6.07) is 15.5. The van der Waals surface area contributed by atoms with E-state index < -0.39 is 0 Å². The van der Waals surface area contributed by atoms with E-state index in [0.29, 0.717) is 11.5 Å². The maximum atomic E-state index is 13.4. The molecule has 0 saturated heterocycles. The van der Waals surface area contributed by atoms with Crippen LogP contribution in [-0.4, -0.2) is 25.5 Å². The largest absolute Gasteiger partial charge is 0.305 e. The van der Waals surface area contributed by atoms with Gasteiger partial charge in [0.1, 0.15) is 11.6 Å². The van der Waals surface area contributed by atoms with Gasteiger partial charge in [-0.1, -0.05) is 12.1 Å². The van der Waals surface area contributed by atoms with Crippen molar-refractivity contribution in [3.05, 3.63) is 89.1 Å². The van der Waals surface area contributed by atoms with Crippen LogP contribution in [0.2, 0.25) is 0 Å². The van der Waals surface area contributed by atoms with E-state index in [2.05, 4.69) is 21.6 Å². The Morgan fingerprint density at radius 3 is 2.41 bits per heavy atom. The molecule has 0 spiro atoms. The predicted octanol–water partition coefficient (Wildman–Crippen LogP) is 4.37. The van der Waals surface area contributed by atoms with Crippen LogP contribution < -0.4 is 5.32 Å². The van der Waals surface area contributed by atoms with Crippen LogP contribution in [0, 0.1) is 26.6 Å². The predicted molar refractivity (Wildman–Crippen MR) is 109 cm³/mol. The zero-order chi connectivity index (χ0) is 20.5. The zero-order valence-electron chi connectivity index (χ0n) is 16.3. The summed E-state index contributed by atoms with van der Waals surface area (Å²) in [5.41, 5.74) is 4.64. The first-order chi connectivity index (χ1) is 13.9. The second kappa shape index (κ2) is 7.35. The quantitative estimate of drug-likeness (QED) is 0.564. The lowest BCUT2D eigenvalue weighted by atomic mass is 10.1. The average Bonchev–Trinajstić information content (AvgIpc) is 3.28. The van der Waals surface area contributed by atoms with Crippen molar-refractivity contribution in [3.8, 4) is 11.4 Å². The smallest absolute Gasteiger partial charge is 0.277 e. The zero-order valence-corrected chi connectivity index (χ0v) is 16.3. The third kappa shape index (κ3) is 3.94. The van der Waals surface area contributed by atoms with E-state index in [1.807, 2.05) is 32.9 Å². The molecule has 0 aliphatic carbocycles. The van der Waals surface area contributed by atoms with Crippen LogP contribution in [0.4, 0.5) is 10.2 Å². The third-order valence-corrected chi connectivity index (χ3v) is 4.42. The molecule has 2 aromatic carbocycles. The summed E-state index contributed by atoms with van der Waals surface area (Å²) in [5.74, 6) is -0.180. The first-order valence-electron chi connectivity index (χ1n) is 9.17. The van der Waals surface area contributed by atoms with Crippen molar-refractivity contribution in [1.82, 2.24) is 19.6 Å². The minimum Gasteiger partial charge on any atom is -0.305 e. The van der Waals surface area contributed by atoms with Crippen LogP contribution in [0.1, 0.15) is 27.3 Å². The van der Waals surface area contributed by atoms with E-state index in [9.17, 15) is 9.18 Å². The van der Waals surface area contributed by atoms with Crippen LogP contribution in [-0.2, 0) is 0 Å². The van der Waals surface area contributed by atoms with Crippen LogP contribution in [0.5, 0.6) is 0 Å². The molecule has 29 heavy (non-hydrogen) atoms. The number of nitrogens with zero attached hydrogens (tertiary/aromatic N) is 4. The maximum Gasteiger partial charge on any atom is 0.277 e. The van der Waals surface area contributed by atoms with Gasteiger partial charge in [-0.3, -0.25) is 4.79 Å². The SMILES string of the molecule is Cc1cc(C)cc(-n2nc(C)cc2NC(=O)c2ccn(-c3cccc(F)c3)n2)c1. The number of amides is 1. The fourth-order valence-corrected chi connectivity index (χ4v) is 3.25. The molecule has 0 aliphatic heterocycles. The normalized spacial score (nSPS) is 10.9. The first-order valence-corrected chi connectivity index (χ1v) is 9.17. The van der Waals surface area contributed by atoms with Gasteiger partial charge in [-0.25, -0.2) is 13.8 Å². The molecule has 0 fully saturated rings. The molecule has 0 atom stereocenters. The van der Waals surface area contributed by atoms with Crippen LogP contribution >= 0.6 is 0 Å². The van der Waals surface area contributed by atoms with Crippen molar-refractivity contribution >= 4 is 11.7 Å². The standard InChI is InChI=1S/C22H20FN5O/c1-14-9-15(2)11-19(10-14)28-21(12-16(3)25-28)24-22(29)20-7-8-27(26-20)18-6-4-5-17(23)13-18/h4-13H,1-3H3,(H,24,29). The van der Waals surface area contributed by atoms with Gasteiger partial charge in [-0.15, -0.1) is 0 Å². The molecule has 0 saturated carbocycles. The van der Waals surface area contributed by atoms with Gasteiger partial charge in [-0.2, -0.15) is 10.2 Å². The summed E-state index contributed by atoms with van der Waals surface area (Å²) >= 11 is 0. The van der Waals surface area contributed by atoms with Gasteiger partial charge in [0.25, 0.3) is 5.91 Å². The molecule has 0 unspecified atom stereocenters. The van der Waals surface area contributed by atoms with Gasteiger partial charge < -0.3 is 5.32 Å².